The molecule has 3 rings (SSSR count). The summed E-state index contributed by atoms with van der Waals surface area (Å²) in [6.07, 6.45) is -4.94. The van der Waals surface area contributed by atoms with E-state index < -0.39 is 35.6 Å². The third-order valence-corrected chi connectivity index (χ3v) is 5.26. The van der Waals surface area contributed by atoms with Gasteiger partial charge in [-0.05, 0) is 48.8 Å². The Morgan fingerprint density at radius 2 is 1.77 bits per heavy atom. The standard InChI is InChI=1S/C17H18F6N2O/c18-16(19,20)11-4-1-3-10(7-11)13(17(21,22)23)25-14(26)24-12-8-15(9-12)5-2-6-15/h1,3-4,7,12-13H,2,5-6,8-9H2,(H2,24,25,26)/t13-/m0/s1. The zero-order valence-corrected chi connectivity index (χ0v) is 13.7. The van der Waals surface area contributed by atoms with Crippen molar-refractivity contribution in [1.29, 1.82) is 0 Å². The van der Waals surface area contributed by atoms with Crippen LogP contribution in [0.15, 0.2) is 24.3 Å². The van der Waals surface area contributed by atoms with E-state index in [0.717, 1.165) is 44.2 Å². The zero-order valence-electron chi connectivity index (χ0n) is 13.7. The van der Waals surface area contributed by atoms with Gasteiger partial charge in [0.05, 0.1) is 5.56 Å². The average Bonchev–Trinajstić information content (AvgIpc) is 2.44. The number of benzene rings is 1. The van der Waals surface area contributed by atoms with E-state index in [1.807, 2.05) is 0 Å². The van der Waals surface area contributed by atoms with Crippen LogP contribution in [0.4, 0.5) is 31.1 Å². The smallest absolute Gasteiger partial charge is 0.335 e. The maximum atomic E-state index is 13.3. The third-order valence-electron chi connectivity index (χ3n) is 5.26. The highest BCUT2D eigenvalue weighted by atomic mass is 19.4. The first-order valence-electron chi connectivity index (χ1n) is 8.29. The number of carbonyl (C=O) groups is 1. The SMILES string of the molecule is O=C(NC1CC2(CCC2)C1)N[C@@H](c1cccc(C(F)(F)F)c1)C(F)(F)F. The Kier molecular flexibility index (Phi) is 4.60. The van der Waals surface area contributed by atoms with Gasteiger partial charge in [-0.2, -0.15) is 26.3 Å². The Labute approximate surface area is 146 Å². The van der Waals surface area contributed by atoms with Crippen molar-refractivity contribution in [2.75, 3.05) is 0 Å². The fourth-order valence-electron chi connectivity index (χ4n) is 3.78. The highest BCUT2D eigenvalue weighted by Crippen LogP contribution is 2.55. The molecule has 0 radical (unpaired) electrons. The number of hydrogen-bond donors (Lipinski definition) is 2. The van der Waals surface area contributed by atoms with E-state index in [9.17, 15) is 31.1 Å². The van der Waals surface area contributed by atoms with E-state index in [4.69, 9.17) is 0 Å². The molecule has 3 nitrogen and oxygen atoms in total. The Hall–Kier alpha value is -1.93. The molecule has 2 N–H and O–H groups in total. The molecule has 1 spiro atoms. The van der Waals surface area contributed by atoms with Gasteiger partial charge < -0.3 is 10.6 Å². The first-order valence-corrected chi connectivity index (χ1v) is 8.29. The van der Waals surface area contributed by atoms with E-state index in [1.165, 1.54) is 0 Å². The van der Waals surface area contributed by atoms with E-state index in [1.54, 1.807) is 5.32 Å². The molecular formula is C17H18F6N2O. The molecule has 0 unspecified atom stereocenters. The van der Waals surface area contributed by atoms with Crippen LogP contribution in [0.5, 0.6) is 0 Å². The summed E-state index contributed by atoms with van der Waals surface area (Å²) in [4.78, 5) is 11.9. The van der Waals surface area contributed by atoms with Gasteiger partial charge in [0.25, 0.3) is 0 Å². The Morgan fingerprint density at radius 1 is 1.12 bits per heavy atom. The number of carbonyl (C=O) groups excluding carboxylic acids is 1. The average molecular weight is 380 g/mol. The largest absolute Gasteiger partial charge is 0.416 e. The summed E-state index contributed by atoms with van der Waals surface area (Å²) >= 11 is 0. The number of nitrogens with one attached hydrogen (secondary N) is 2. The van der Waals surface area contributed by atoms with Crippen molar-refractivity contribution in [3.63, 3.8) is 0 Å². The molecule has 26 heavy (non-hydrogen) atoms. The molecule has 1 aromatic rings. The fraction of sp³-hybridized carbons (Fsp3) is 0.588. The Bertz CT molecular complexity index is 673. The molecule has 0 aliphatic heterocycles. The predicted molar refractivity (Wildman–Crippen MR) is 81.2 cm³/mol. The summed E-state index contributed by atoms with van der Waals surface area (Å²) < 4.78 is 78.1. The van der Waals surface area contributed by atoms with E-state index in [0.29, 0.717) is 12.1 Å². The van der Waals surface area contributed by atoms with Crippen LogP contribution in [0.3, 0.4) is 0 Å². The van der Waals surface area contributed by atoms with Crippen LogP contribution in [0.1, 0.15) is 49.3 Å². The second kappa shape index (κ2) is 6.35. The molecule has 2 amide bonds. The van der Waals surface area contributed by atoms with Gasteiger partial charge in [-0.3, -0.25) is 0 Å². The Morgan fingerprint density at radius 3 is 2.27 bits per heavy atom. The van der Waals surface area contributed by atoms with Crippen LogP contribution in [-0.4, -0.2) is 18.2 Å². The van der Waals surface area contributed by atoms with Crippen molar-refractivity contribution >= 4 is 6.03 Å². The monoisotopic (exact) mass is 380 g/mol. The van der Waals surface area contributed by atoms with Gasteiger partial charge >= 0.3 is 18.4 Å². The van der Waals surface area contributed by atoms with Gasteiger partial charge in [0.15, 0.2) is 6.04 Å². The minimum Gasteiger partial charge on any atom is -0.335 e. The summed E-state index contributed by atoms with van der Waals surface area (Å²) in [5.41, 5.74) is -1.62. The van der Waals surface area contributed by atoms with Gasteiger partial charge in [-0.15, -0.1) is 0 Å². The molecule has 2 aliphatic rings. The third kappa shape index (κ3) is 3.91. The molecule has 2 aliphatic carbocycles. The van der Waals surface area contributed by atoms with Gasteiger partial charge in [0.2, 0.25) is 0 Å². The molecule has 0 aromatic heterocycles. The van der Waals surface area contributed by atoms with E-state index in [-0.39, 0.29) is 11.5 Å². The van der Waals surface area contributed by atoms with Crippen LogP contribution in [-0.2, 0) is 6.18 Å². The molecule has 144 valence electrons. The summed E-state index contributed by atoms with van der Waals surface area (Å²) in [5, 5.41) is 4.26. The Balaban J connectivity index is 1.68. The van der Waals surface area contributed by atoms with Gasteiger partial charge in [0, 0.05) is 6.04 Å². The molecule has 1 atom stereocenters. The topological polar surface area (TPSA) is 41.1 Å². The first-order chi connectivity index (χ1) is 12.0. The summed E-state index contributed by atoms with van der Waals surface area (Å²) in [5.74, 6) is 0. The van der Waals surface area contributed by atoms with Crippen LogP contribution >= 0.6 is 0 Å². The minimum absolute atomic E-state index is 0.189. The lowest BCUT2D eigenvalue weighted by Gasteiger charge is -2.54. The highest BCUT2D eigenvalue weighted by Gasteiger charge is 2.49. The van der Waals surface area contributed by atoms with Gasteiger partial charge in [-0.1, -0.05) is 18.6 Å². The van der Waals surface area contributed by atoms with Crippen LogP contribution in [0.25, 0.3) is 0 Å². The van der Waals surface area contributed by atoms with E-state index in [2.05, 4.69) is 5.32 Å². The summed E-state index contributed by atoms with van der Waals surface area (Å²) in [6, 6.07) is -0.824. The maximum Gasteiger partial charge on any atom is 0.416 e. The van der Waals surface area contributed by atoms with E-state index >= 15 is 0 Å². The number of halogens is 6. The predicted octanol–water partition coefficient (Wildman–Crippen LogP) is 4.94. The zero-order chi connectivity index (χ0) is 19.2. The van der Waals surface area contributed by atoms with Crippen LogP contribution < -0.4 is 10.6 Å². The maximum absolute atomic E-state index is 13.3. The highest BCUT2D eigenvalue weighted by molar-refractivity contribution is 5.75. The van der Waals surface area contributed by atoms with Crippen molar-refractivity contribution in [2.45, 2.75) is 56.5 Å². The molecule has 2 saturated carbocycles. The van der Waals surface area contributed by atoms with Crippen molar-refractivity contribution in [2.24, 2.45) is 5.41 Å². The van der Waals surface area contributed by atoms with Crippen molar-refractivity contribution in [3.8, 4) is 0 Å². The first kappa shape index (κ1) is 18.8. The molecule has 0 heterocycles. The summed E-state index contributed by atoms with van der Waals surface area (Å²) in [7, 11) is 0. The lowest BCUT2D eigenvalue weighted by molar-refractivity contribution is -0.155. The lowest BCUT2D eigenvalue weighted by Crippen LogP contribution is -2.56. The number of hydrogen-bond acceptors (Lipinski definition) is 1. The summed E-state index contributed by atoms with van der Waals surface area (Å²) in [6.45, 7) is 0. The normalized spacial score (nSPS) is 20.8. The van der Waals surface area contributed by atoms with Crippen molar-refractivity contribution in [1.82, 2.24) is 10.6 Å². The second-order valence-corrected chi connectivity index (χ2v) is 7.17. The van der Waals surface area contributed by atoms with Crippen molar-refractivity contribution < 1.29 is 31.1 Å². The molecule has 1 aromatic carbocycles. The van der Waals surface area contributed by atoms with Gasteiger partial charge in [0.1, 0.15) is 0 Å². The second-order valence-electron chi connectivity index (χ2n) is 7.17. The van der Waals surface area contributed by atoms with Crippen molar-refractivity contribution in [3.05, 3.63) is 35.4 Å². The molecule has 0 saturated heterocycles. The molecule has 0 bridgehead atoms. The molecule has 2 fully saturated rings. The molecular weight excluding hydrogens is 362 g/mol. The minimum atomic E-state index is -4.92. The van der Waals surface area contributed by atoms with Crippen LogP contribution in [0, 0.1) is 5.41 Å². The number of amides is 2. The number of rotatable bonds is 3. The fourth-order valence-corrected chi connectivity index (χ4v) is 3.78. The quantitative estimate of drug-likeness (QED) is 0.717. The van der Waals surface area contributed by atoms with Gasteiger partial charge in [-0.25, -0.2) is 4.79 Å². The molecule has 9 heteroatoms. The van der Waals surface area contributed by atoms with Crippen LogP contribution in [0.2, 0.25) is 0 Å². The lowest BCUT2D eigenvalue weighted by atomic mass is 9.54. The number of urea groups is 1. The number of alkyl halides is 6.